The normalized spacial score (nSPS) is 11.8. The van der Waals surface area contributed by atoms with Gasteiger partial charge < -0.3 is 10.2 Å². The van der Waals surface area contributed by atoms with Crippen molar-refractivity contribution in [3.8, 4) is 0 Å². The smallest absolute Gasteiger partial charge is 0.276 e. The molecule has 0 bridgehead atoms. The number of amides is 2. The number of carbonyl (C=O) groups excluding carboxylic acids is 2. The number of hydrogen-bond acceptors (Lipinski definition) is 5. The Morgan fingerprint density at radius 1 is 1.33 bits per heavy atom. The molecule has 0 saturated heterocycles. The number of hydrogen-bond donors (Lipinski definition) is 1. The van der Waals surface area contributed by atoms with E-state index < -0.39 is 0 Å². The molecule has 0 aliphatic carbocycles. The molecule has 0 spiro atoms. The van der Waals surface area contributed by atoms with Gasteiger partial charge in [-0.3, -0.25) is 9.59 Å². The van der Waals surface area contributed by atoms with Crippen LogP contribution in [0.15, 0.2) is 29.6 Å². The van der Waals surface area contributed by atoms with E-state index >= 15 is 0 Å². The second-order valence-electron chi connectivity index (χ2n) is 5.38. The Balaban J connectivity index is 1.96. The molecule has 6 nitrogen and oxygen atoms in total. The van der Waals surface area contributed by atoms with Crippen molar-refractivity contribution >= 4 is 23.3 Å². The van der Waals surface area contributed by atoms with Crippen LogP contribution in [0.3, 0.4) is 0 Å². The third-order valence-electron chi connectivity index (χ3n) is 3.68. The number of halogens is 1. The third-order valence-corrected chi connectivity index (χ3v) is 4.18. The summed E-state index contributed by atoms with van der Waals surface area (Å²) in [6, 6.07) is 5.79. The first kappa shape index (κ1) is 18.0. The topological polar surface area (TPSA) is 75.2 Å². The van der Waals surface area contributed by atoms with Crippen molar-refractivity contribution in [2.45, 2.75) is 32.9 Å². The Bertz CT molecular complexity index is 676. The monoisotopic (exact) mass is 350 g/mol. The van der Waals surface area contributed by atoms with Crippen LogP contribution in [-0.4, -0.2) is 38.9 Å². The number of nitrogens with zero attached hydrogens (tertiary/aromatic N) is 3. The van der Waals surface area contributed by atoms with Crippen molar-refractivity contribution in [2.24, 2.45) is 0 Å². The Labute approximate surface area is 143 Å². The summed E-state index contributed by atoms with van der Waals surface area (Å²) in [4.78, 5) is 26.1. The maximum atomic E-state index is 12.9. The van der Waals surface area contributed by atoms with Gasteiger partial charge in [-0.1, -0.05) is 23.5 Å². The fourth-order valence-corrected chi connectivity index (χ4v) is 2.50. The maximum Gasteiger partial charge on any atom is 0.276 e. The molecule has 0 fully saturated rings. The Hall–Kier alpha value is -2.35. The van der Waals surface area contributed by atoms with Gasteiger partial charge in [-0.2, -0.15) is 0 Å². The molecule has 1 N–H and O–H groups in total. The summed E-state index contributed by atoms with van der Waals surface area (Å²) in [6.07, 6.45) is 0.717. The van der Waals surface area contributed by atoms with Gasteiger partial charge in [-0.15, -0.1) is 5.10 Å². The van der Waals surface area contributed by atoms with Crippen molar-refractivity contribution in [2.75, 3.05) is 6.54 Å². The lowest BCUT2D eigenvalue weighted by atomic mass is 10.2. The van der Waals surface area contributed by atoms with Crippen LogP contribution in [0, 0.1) is 5.82 Å². The van der Waals surface area contributed by atoms with Gasteiger partial charge in [-0.05, 0) is 42.6 Å². The third kappa shape index (κ3) is 4.82. The van der Waals surface area contributed by atoms with Crippen LogP contribution in [0.25, 0.3) is 0 Å². The van der Waals surface area contributed by atoms with Crippen molar-refractivity contribution in [1.29, 1.82) is 0 Å². The van der Waals surface area contributed by atoms with Crippen LogP contribution in [0.5, 0.6) is 0 Å². The van der Waals surface area contributed by atoms with Crippen LogP contribution in [-0.2, 0) is 11.3 Å². The van der Waals surface area contributed by atoms with Crippen LogP contribution < -0.4 is 5.32 Å². The van der Waals surface area contributed by atoms with E-state index in [-0.39, 0.29) is 42.5 Å². The molecule has 8 heteroatoms. The molecule has 0 aliphatic rings. The minimum Gasteiger partial charge on any atom is -0.350 e. The van der Waals surface area contributed by atoms with Crippen LogP contribution in [0.2, 0.25) is 0 Å². The summed E-state index contributed by atoms with van der Waals surface area (Å²) in [7, 11) is 0. The zero-order chi connectivity index (χ0) is 17.5. The molecular weight excluding hydrogens is 331 g/mol. The van der Waals surface area contributed by atoms with Crippen LogP contribution in [0.1, 0.15) is 36.3 Å². The summed E-state index contributed by atoms with van der Waals surface area (Å²) in [5.74, 6) is -0.915. The molecule has 1 aromatic heterocycles. The summed E-state index contributed by atoms with van der Waals surface area (Å²) in [6.45, 7) is 4.04. The first-order chi connectivity index (χ1) is 11.5. The number of benzene rings is 1. The quantitative estimate of drug-likeness (QED) is 0.831. The van der Waals surface area contributed by atoms with E-state index in [1.807, 2.05) is 13.8 Å². The van der Waals surface area contributed by atoms with E-state index in [0.717, 1.165) is 17.1 Å². The molecular formula is C16H19FN4O2S. The maximum absolute atomic E-state index is 12.9. The molecule has 0 aliphatic heterocycles. The highest BCUT2D eigenvalue weighted by Gasteiger charge is 2.24. The Kier molecular flexibility index (Phi) is 6.36. The van der Waals surface area contributed by atoms with Gasteiger partial charge in [-0.25, -0.2) is 4.39 Å². The number of aromatic nitrogens is 2. The molecule has 0 saturated carbocycles. The summed E-state index contributed by atoms with van der Waals surface area (Å²) >= 11 is 1.09. The van der Waals surface area contributed by atoms with Gasteiger partial charge in [0.2, 0.25) is 5.91 Å². The van der Waals surface area contributed by atoms with Gasteiger partial charge in [0.05, 0.1) is 0 Å². The van der Waals surface area contributed by atoms with Crippen molar-refractivity contribution in [3.05, 3.63) is 46.7 Å². The average Bonchev–Trinajstić information content (AvgIpc) is 3.12. The SMILES string of the molecule is CC[C@H](C)N(CC(=O)NCc1ccc(F)cc1)C(=O)c1csnn1. The minimum absolute atomic E-state index is 0.0629. The van der Waals surface area contributed by atoms with Gasteiger partial charge >= 0.3 is 0 Å². The second kappa shape index (κ2) is 8.49. The molecule has 2 aromatic rings. The summed E-state index contributed by atoms with van der Waals surface area (Å²) in [5.41, 5.74) is 1.03. The molecule has 0 radical (unpaired) electrons. The van der Waals surface area contributed by atoms with E-state index in [1.54, 1.807) is 17.5 Å². The molecule has 0 unspecified atom stereocenters. The Morgan fingerprint density at radius 2 is 2.04 bits per heavy atom. The Morgan fingerprint density at radius 3 is 2.62 bits per heavy atom. The predicted molar refractivity (Wildman–Crippen MR) is 88.9 cm³/mol. The number of nitrogens with one attached hydrogen (secondary N) is 1. The van der Waals surface area contributed by atoms with Crippen molar-refractivity contribution in [3.63, 3.8) is 0 Å². The van der Waals surface area contributed by atoms with Crippen molar-refractivity contribution in [1.82, 2.24) is 19.8 Å². The van der Waals surface area contributed by atoms with Gasteiger partial charge in [0.1, 0.15) is 12.4 Å². The number of carbonyl (C=O) groups is 2. The lowest BCUT2D eigenvalue weighted by Crippen LogP contribution is -2.45. The molecule has 128 valence electrons. The predicted octanol–water partition coefficient (Wildman–Crippen LogP) is 2.23. The summed E-state index contributed by atoms with van der Waals surface area (Å²) < 4.78 is 16.6. The highest BCUT2D eigenvalue weighted by Crippen LogP contribution is 2.10. The fraction of sp³-hybridized carbons (Fsp3) is 0.375. The largest absolute Gasteiger partial charge is 0.350 e. The van der Waals surface area contributed by atoms with Gasteiger partial charge in [0.25, 0.3) is 5.91 Å². The van der Waals surface area contributed by atoms with Crippen LogP contribution >= 0.6 is 11.5 Å². The average molecular weight is 350 g/mol. The highest BCUT2D eigenvalue weighted by atomic mass is 32.1. The van der Waals surface area contributed by atoms with Gasteiger partial charge in [0, 0.05) is 18.0 Å². The summed E-state index contributed by atoms with van der Waals surface area (Å²) in [5, 5.41) is 8.08. The molecule has 1 atom stereocenters. The first-order valence-corrected chi connectivity index (χ1v) is 8.44. The van der Waals surface area contributed by atoms with Crippen LogP contribution in [0.4, 0.5) is 4.39 Å². The van der Waals surface area contributed by atoms with E-state index in [2.05, 4.69) is 14.9 Å². The lowest BCUT2D eigenvalue weighted by Gasteiger charge is -2.27. The molecule has 2 rings (SSSR count). The molecule has 1 heterocycles. The first-order valence-electron chi connectivity index (χ1n) is 7.60. The minimum atomic E-state index is -0.324. The van der Waals surface area contributed by atoms with E-state index in [9.17, 15) is 14.0 Å². The van der Waals surface area contributed by atoms with Crippen molar-refractivity contribution < 1.29 is 14.0 Å². The second-order valence-corrected chi connectivity index (χ2v) is 5.99. The molecule has 24 heavy (non-hydrogen) atoms. The van der Waals surface area contributed by atoms with E-state index in [0.29, 0.717) is 6.42 Å². The van der Waals surface area contributed by atoms with Gasteiger partial charge in [0.15, 0.2) is 5.69 Å². The van der Waals surface area contributed by atoms with E-state index in [4.69, 9.17) is 0 Å². The number of rotatable bonds is 7. The van der Waals surface area contributed by atoms with E-state index in [1.165, 1.54) is 17.0 Å². The highest BCUT2D eigenvalue weighted by molar-refractivity contribution is 7.03. The fourth-order valence-electron chi connectivity index (χ4n) is 2.07. The lowest BCUT2D eigenvalue weighted by molar-refractivity contribution is -0.122. The zero-order valence-corrected chi connectivity index (χ0v) is 14.3. The standard InChI is InChI=1S/C16H19FN4O2S/c1-3-11(2)21(16(23)14-10-24-20-19-14)9-15(22)18-8-12-4-6-13(17)7-5-12/h4-7,10-11H,3,8-9H2,1-2H3,(H,18,22)/t11-/m0/s1. The molecule has 1 aromatic carbocycles. The zero-order valence-electron chi connectivity index (χ0n) is 13.5. The molecule has 2 amide bonds.